The average molecular weight is 398 g/mol. The molecule has 2 aromatic heterocycles. The summed E-state index contributed by atoms with van der Waals surface area (Å²) in [4.78, 5) is 30.3. The molecule has 0 amide bonds. The molecule has 154 valence electrons. The molecule has 3 rings (SSSR count). The van der Waals surface area contributed by atoms with Gasteiger partial charge in [-0.3, -0.25) is 13.9 Å². The van der Waals surface area contributed by atoms with E-state index in [-0.39, 0.29) is 17.0 Å². The van der Waals surface area contributed by atoms with Crippen LogP contribution in [0.4, 0.5) is 0 Å². The lowest BCUT2D eigenvalue weighted by Gasteiger charge is -2.10. The van der Waals surface area contributed by atoms with Crippen molar-refractivity contribution in [1.82, 2.24) is 18.7 Å². The summed E-state index contributed by atoms with van der Waals surface area (Å²) in [7, 11) is 3.26. The van der Waals surface area contributed by atoms with Gasteiger partial charge in [0, 0.05) is 20.1 Å². The lowest BCUT2D eigenvalue weighted by atomic mass is 10.2. The standard InChI is InChI=1S/C21H26N4O4/c1-5-11-24-19-18(20(27)25(12-6-2)21(24)28)23(3)17(22-19)10-8-14-7-9-15(26)16(13-14)29-4/h7-10,13,26H,5-6,11-12H2,1-4H3/b10-8+. The number of fused-ring (bicyclic) bond motifs is 1. The zero-order valence-electron chi connectivity index (χ0n) is 17.2. The number of hydrogen-bond acceptors (Lipinski definition) is 5. The van der Waals surface area contributed by atoms with Crippen molar-refractivity contribution >= 4 is 23.3 Å². The van der Waals surface area contributed by atoms with E-state index in [1.54, 1.807) is 40.5 Å². The SMILES string of the molecule is CCCn1c(=O)c2c(nc(/C=C/c3ccc(O)c(OC)c3)n2C)n(CCC)c1=O. The third-order valence-corrected chi connectivity index (χ3v) is 4.80. The van der Waals surface area contributed by atoms with Crippen LogP contribution in [0.5, 0.6) is 11.5 Å². The Bertz CT molecular complexity index is 1180. The minimum absolute atomic E-state index is 0.0624. The predicted molar refractivity (Wildman–Crippen MR) is 113 cm³/mol. The molecule has 1 aromatic carbocycles. The van der Waals surface area contributed by atoms with E-state index in [1.165, 1.54) is 11.7 Å². The van der Waals surface area contributed by atoms with Gasteiger partial charge in [-0.15, -0.1) is 0 Å². The summed E-state index contributed by atoms with van der Waals surface area (Å²) < 4.78 is 9.71. The van der Waals surface area contributed by atoms with Gasteiger partial charge in [0.2, 0.25) is 0 Å². The Morgan fingerprint density at radius 3 is 2.45 bits per heavy atom. The molecule has 0 bridgehead atoms. The number of methoxy groups -OCH3 is 1. The van der Waals surface area contributed by atoms with Crippen molar-refractivity contribution in [3.05, 3.63) is 50.4 Å². The van der Waals surface area contributed by atoms with Gasteiger partial charge in [-0.1, -0.05) is 26.0 Å². The third kappa shape index (κ3) is 3.70. The van der Waals surface area contributed by atoms with Gasteiger partial charge in [-0.05, 0) is 36.6 Å². The van der Waals surface area contributed by atoms with Crippen molar-refractivity contribution in [1.29, 1.82) is 0 Å². The molecule has 0 atom stereocenters. The maximum absolute atomic E-state index is 12.9. The maximum atomic E-state index is 12.9. The van der Waals surface area contributed by atoms with Crippen molar-refractivity contribution < 1.29 is 9.84 Å². The van der Waals surface area contributed by atoms with Gasteiger partial charge in [-0.25, -0.2) is 9.78 Å². The van der Waals surface area contributed by atoms with Crippen LogP contribution in [-0.2, 0) is 20.1 Å². The molecule has 29 heavy (non-hydrogen) atoms. The van der Waals surface area contributed by atoms with Crippen molar-refractivity contribution in [3.8, 4) is 11.5 Å². The molecule has 0 aliphatic rings. The summed E-state index contributed by atoms with van der Waals surface area (Å²) >= 11 is 0. The molecule has 0 fully saturated rings. The normalized spacial score (nSPS) is 11.6. The van der Waals surface area contributed by atoms with Crippen molar-refractivity contribution in [3.63, 3.8) is 0 Å². The number of rotatable bonds is 7. The summed E-state index contributed by atoms with van der Waals surface area (Å²) in [6.45, 7) is 4.79. The van der Waals surface area contributed by atoms with Crippen LogP contribution in [0.1, 0.15) is 38.1 Å². The fraction of sp³-hybridized carbons (Fsp3) is 0.381. The highest BCUT2D eigenvalue weighted by molar-refractivity contribution is 5.77. The zero-order valence-corrected chi connectivity index (χ0v) is 17.2. The minimum atomic E-state index is -0.319. The fourth-order valence-electron chi connectivity index (χ4n) is 3.34. The Morgan fingerprint density at radius 2 is 1.79 bits per heavy atom. The second-order valence-corrected chi connectivity index (χ2v) is 6.86. The summed E-state index contributed by atoms with van der Waals surface area (Å²) in [5, 5.41) is 9.73. The molecule has 3 aromatic rings. The molecule has 1 N–H and O–H groups in total. The first-order valence-corrected chi connectivity index (χ1v) is 9.68. The van der Waals surface area contributed by atoms with Crippen molar-refractivity contribution in [2.75, 3.05) is 7.11 Å². The van der Waals surface area contributed by atoms with Gasteiger partial charge in [0.15, 0.2) is 22.7 Å². The van der Waals surface area contributed by atoms with Gasteiger partial charge in [0.1, 0.15) is 5.82 Å². The molecule has 0 saturated carbocycles. The summed E-state index contributed by atoms with van der Waals surface area (Å²) in [5.41, 5.74) is 0.985. The Hall–Kier alpha value is -3.29. The average Bonchev–Trinajstić information content (AvgIpc) is 3.04. The molecule has 0 aliphatic heterocycles. The predicted octanol–water partition coefficient (Wildman–Crippen LogP) is 2.60. The van der Waals surface area contributed by atoms with Gasteiger partial charge >= 0.3 is 5.69 Å². The lowest BCUT2D eigenvalue weighted by molar-refractivity contribution is 0.373. The van der Waals surface area contributed by atoms with Crippen LogP contribution in [0.15, 0.2) is 27.8 Å². The Labute approximate surface area is 168 Å². The third-order valence-electron chi connectivity index (χ3n) is 4.80. The van der Waals surface area contributed by atoms with E-state index < -0.39 is 0 Å². The zero-order chi connectivity index (χ0) is 21.1. The smallest absolute Gasteiger partial charge is 0.332 e. The van der Waals surface area contributed by atoms with E-state index in [0.717, 1.165) is 12.0 Å². The van der Waals surface area contributed by atoms with E-state index in [2.05, 4.69) is 4.98 Å². The largest absolute Gasteiger partial charge is 0.504 e. The number of aromatic nitrogens is 4. The van der Waals surface area contributed by atoms with E-state index in [4.69, 9.17) is 4.74 Å². The molecule has 2 heterocycles. The number of phenolic OH excluding ortho intramolecular Hbond substituents is 1. The summed E-state index contributed by atoms with van der Waals surface area (Å²) in [5.74, 6) is 0.992. The fourth-order valence-corrected chi connectivity index (χ4v) is 3.34. The van der Waals surface area contributed by atoms with Gasteiger partial charge in [0.25, 0.3) is 5.56 Å². The highest BCUT2D eigenvalue weighted by Crippen LogP contribution is 2.27. The lowest BCUT2D eigenvalue weighted by Crippen LogP contribution is -2.40. The van der Waals surface area contributed by atoms with Crippen LogP contribution in [0, 0.1) is 0 Å². The molecular formula is C21H26N4O4. The van der Waals surface area contributed by atoms with Gasteiger partial charge < -0.3 is 14.4 Å². The van der Waals surface area contributed by atoms with E-state index in [1.807, 2.05) is 19.9 Å². The van der Waals surface area contributed by atoms with Crippen LogP contribution in [0.25, 0.3) is 23.3 Å². The highest BCUT2D eigenvalue weighted by Gasteiger charge is 2.18. The quantitative estimate of drug-likeness (QED) is 0.661. The molecule has 0 radical (unpaired) electrons. The van der Waals surface area contributed by atoms with E-state index in [0.29, 0.717) is 42.2 Å². The number of aryl methyl sites for hydroxylation is 2. The number of nitrogens with zero attached hydrogens (tertiary/aromatic N) is 4. The van der Waals surface area contributed by atoms with Crippen LogP contribution in [-0.4, -0.2) is 30.9 Å². The Balaban J connectivity index is 2.16. The van der Waals surface area contributed by atoms with Crippen molar-refractivity contribution in [2.45, 2.75) is 39.8 Å². The van der Waals surface area contributed by atoms with Crippen LogP contribution >= 0.6 is 0 Å². The molecule has 0 aliphatic carbocycles. The van der Waals surface area contributed by atoms with Crippen molar-refractivity contribution in [2.24, 2.45) is 7.05 Å². The molecule has 8 heteroatoms. The minimum Gasteiger partial charge on any atom is -0.504 e. The summed E-state index contributed by atoms with van der Waals surface area (Å²) in [6.07, 6.45) is 5.04. The topological polar surface area (TPSA) is 91.3 Å². The second-order valence-electron chi connectivity index (χ2n) is 6.86. The Kier molecular flexibility index (Phi) is 5.91. The molecule has 0 spiro atoms. The number of aromatic hydroxyl groups is 1. The number of phenols is 1. The first-order chi connectivity index (χ1) is 13.9. The Morgan fingerprint density at radius 1 is 1.10 bits per heavy atom. The monoisotopic (exact) mass is 398 g/mol. The molecule has 0 saturated heterocycles. The molecule has 8 nitrogen and oxygen atoms in total. The van der Waals surface area contributed by atoms with Crippen LogP contribution < -0.4 is 16.0 Å². The van der Waals surface area contributed by atoms with Crippen LogP contribution in [0.3, 0.4) is 0 Å². The number of imidazole rings is 1. The molecule has 0 unspecified atom stereocenters. The first kappa shape index (κ1) is 20.4. The maximum Gasteiger partial charge on any atom is 0.332 e. The summed E-state index contributed by atoms with van der Waals surface area (Å²) in [6, 6.07) is 5.00. The van der Waals surface area contributed by atoms with Crippen LogP contribution in [0.2, 0.25) is 0 Å². The van der Waals surface area contributed by atoms with E-state index in [9.17, 15) is 14.7 Å². The van der Waals surface area contributed by atoms with Gasteiger partial charge in [-0.2, -0.15) is 0 Å². The molecular weight excluding hydrogens is 372 g/mol. The van der Waals surface area contributed by atoms with E-state index >= 15 is 0 Å². The highest BCUT2D eigenvalue weighted by atomic mass is 16.5. The number of hydrogen-bond donors (Lipinski definition) is 1. The van der Waals surface area contributed by atoms with Gasteiger partial charge in [0.05, 0.1) is 7.11 Å². The number of ether oxygens (including phenoxy) is 1. The number of benzene rings is 1. The second kappa shape index (κ2) is 8.38. The first-order valence-electron chi connectivity index (χ1n) is 9.68.